The van der Waals surface area contributed by atoms with Gasteiger partial charge in [0.25, 0.3) is 11.4 Å². The summed E-state index contributed by atoms with van der Waals surface area (Å²) in [7, 11) is 3.27. The Morgan fingerprint density at radius 2 is 0.973 bits per heavy atom. The van der Waals surface area contributed by atoms with Crippen LogP contribution in [-0.4, -0.2) is 35.8 Å². The minimum atomic E-state index is -0.469. The predicted molar refractivity (Wildman–Crippen MR) is 136 cm³/mol. The molecule has 190 valence electrons. The van der Waals surface area contributed by atoms with Gasteiger partial charge in [0.2, 0.25) is 0 Å². The number of rotatable bonds is 6. The summed E-state index contributed by atoms with van der Waals surface area (Å²) in [6.45, 7) is 0. The molecule has 0 saturated carbocycles. The molecule has 0 saturated heterocycles. The van der Waals surface area contributed by atoms with E-state index in [-0.39, 0.29) is 40.3 Å². The summed E-state index contributed by atoms with van der Waals surface area (Å²) in [6.07, 6.45) is 0. The molecule has 0 heterocycles. The molecule has 0 N–H and O–H groups in total. The van der Waals surface area contributed by atoms with Gasteiger partial charge in [-0.3, -0.25) is 20.2 Å². The average molecular weight is 542 g/mol. The standard InChI is InChI=1S/2C13H11N2O3.Fe/c2*1-14(13(16)10-4-2-3-5-10)11-6-8-12(9-7-11)15(17)18;/h2*2-9H,1H3;/q2*-1;+2. The second-order valence-corrected chi connectivity index (χ2v) is 7.62. The molecule has 0 spiro atoms. The second kappa shape index (κ2) is 12.9. The molecule has 0 radical (unpaired) electrons. The van der Waals surface area contributed by atoms with Crippen LogP contribution in [0.4, 0.5) is 22.7 Å². The van der Waals surface area contributed by atoms with Gasteiger partial charge in [0, 0.05) is 49.7 Å². The first kappa shape index (κ1) is 28.6. The van der Waals surface area contributed by atoms with Gasteiger partial charge in [0.05, 0.1) is 9.85 Å². The zero-order valence-electron chi connectivity index (χ0n) is 19.8. The van der Waals surface area contributed by atoms with Crippen molar-refractivity contribution in [1.29, 1.82) is 0 Å². The summed E-state index contributed by atoms with van der Waals surface area (Å²) < 4.78 is 0. The molecule has 0 unspecified atom stereocenters. The van der Waals surface area contributed by atoms with Crippen molar-refractivity contribution in [3.63, 3.8) is 0 Å². The maximum atomic E-state index is 12.0. The van der Waals surface area contributed by atoms with Crippen molar-refractivity contribution in [3.8, 4) is 0 Å². The Kier molecular flexibility index (Phi) is 10.00. The zero-order valence-corrected chi connectivity index (χ0v) is 20.9. The van der Waals surface area contributed by atoms with E-state index in [1.54, 1.807) is 86.9 Å². The van der Waals surface area contributed by atoms with Crippen molar-refractivity contribution >= 4 is 34.6 Å². The minimum Gasteiger partial charge on any atom is -0.351 e. The molecule has 0 aliphatic heterocycles. The normalized spacial score (nSPS) is 9.78. The topological polar surface area (TPSA) is 127 Å². The van der Waals surface area contributed by atoms with Crippen molar-refractivity contribution in [2.45, 2.75) is 0 Å². The Morgan fingerprint density at radius 1 is 0.649 bits per heavy atom. The maximum Gasteiger partial charge on any atom is 2.00 e. The van der Waals surface area contributed by atoms with E-state index in [1.807, 2.05) is 0 Å². The number of nitro groups is 2. The van der Waals surface area contributed by atoms with E-state index in [2.05, 4.69) is 0 Å². The third-order valence-electron chi connectivity index (χ3n) is 5.32. The van der Waals surface area contributed by atoms with Crippen LogP contribution in [0.3, 0.4) is 0 Å². The van der Waals surface area contributed by atoms with Crippen LogP contribution < -0.4 is 9.80 Å². The number of anilines is 2. The van der Waals surface area contributed by atoms with Crippen molar-refractivity contribution in [1.82, 2.24) is 0 Å². The Morgan fingerprint density at radius 3 is 1.22 bits per heavy atom. The Labute approximate surface area is 223 Å². The largest absolute Gasteiger partial charge is 2.00 e. The van der Waals surface area contributed by atoms with Gasteiger partial charge in [-0.25, -0.2) is 0 Å². The van der Waals surface area contributed by atoms with E-state index in [1.165, 1.54) is 34.1 Å². The Hall–Kier alpha value is -4.60. The summed E-state index contributed by atoms with van der Waals surface area (Å²) in [5.41, 5.74) is 2.44. The molecule has 4 aromatic rings. The first-order valence-corrected chi connectivity index (χ1v) is 10.7. The van der Waals surface area contributed by atoms with Crippen LogP contribution in [0.15, 0.2) is 97.1 Å². The summed E-state index contributed by atoms with van der Waals surface area (Å²) in [4.78, 5) is 47.1. The van der Waals surface area contributed by atoms with Crippen LogP contribution >= 0.6 is 0 Å². The SMILES string of the molecule is CN(C(=O)c1ccc[cH-]1)c1ccc([N+](=O)[O-])cc1.CN(C(=O)c1ccc[cH-]1)c1ccc([N+](=O)[O-])cc1.[Fe+2]. The van der Waals surface area contributed by atoms with Gasteiger partial charge in [0.1, 0.15) is 0 Å². The summed E-state index contributed by atoms with van der Waals surface area (Å²) in [5, 5.41) is 21.1. The number of hydrogen-bond donors (Lipinski definition) is 0. The molecule has 0 atom stereocenters. The molecule has 0 fully saturated rings. The quantitative estimate of drug-likeness (QED) is 0.143. The number of non-ortho nitro benzene ring substituents is 2. The number of hydrogen-bond acceptors (Lipinski definition) is 6. The van der Waals surface area contributed by atoms with E-state index in [4.69, 9.17) is 0 Å². The first-order valence-electron chi connectivity index (χ1n) is 10.7. The molecule has 10 nitrogen and oxygen atoms in total. The van der Waals surface area contributed by atoms with Gasteiger partial charge in [-0.15, -0.1) is 12.1 Å². The molecule has 2 amide bonds. The van der Waals surface area contributed by atoms with Crippen LogP contribution in [0.1, 0.15) is 20.7 Å². The number of carbonyl (C=O) groups excluding carboxylic acids is 2. The fraction of sp³-hybridized carbons (Fsp3) is 0.0769. The molecule has 4 rings (SSSR count). The average Bonchev–Trinajstić information content (AvgIpc) is 3.62. The number of nitrogens with zero attached hydrogens (tertiary/aromatic N) is 4. The van der Waals surface area contributed by atoms with Crippen molar-refractivity contribution in [2.24, 2.45) is 0 Å². The van der Waals surface area contributed by atoms with Crippen LogP contribution in [-0.2, 0) is 17.1 Å². The van der Waals surface area contributed by atoms with Crippen LogP contribution in [0.2, 0.25) is 0 Å². The smallest absolute Gasteiger partial charge is 0.351 e. The van der Waals surface area contributed by atoms with Crippen molar-refractivity contribution in [3.05, 3.63) is 128 Å². The number of benzene rings is 2. The first-order chi connectivity index (χ1) is 17.2. The van der Waals surface area contributed by atoms with Gasteiger partial charge in [0.15, 0.2) is 11.8 Å². The molecule has 37 heavy (non-hydrogen) atoms. The molecule has 0 aromatic heterocycles. The van der Waals surface area contributed by atoms with Crippen LogP contribution in [0.5, 0.6) is 0 Å². The third kappa shape index (κ3) is 7.20. The fourth-order valence-electron chi connectivity index (χ4n) is 3.25. The van der Waals surface area contributed by atoms with Crippen LogP contribution in [0, 0.1) is 20.2 Å². The predicted octanol–water partition coefficient (Wildman–Crippen LogP) is 5.18. The Balaban J connectivity index is 0.000000253. The summed E-state index contributed by atoms with van der Waals surface area (Å²) in [6, 6.07) is 25.8. The van der Waals surface area contributed by atoms with Gasteiger partial charge >= 0.3 is 17.1 Å². The van der Waals surface area contributed by atoms with Gasteiger partial charge in [-0.1, -0.05) is 11.1 Å². The fourth-order valence-corrected chi connectivity index (χ4v) is 3.25. The minimum absolute atomic E-state index is 0. The third-order valence-corrected chi connectivity index (χ3v) is 5.32. The number of nitro benzene ring substituents is 2. The second-order valence-electron chi connectivity index (χ2n) is 7.62. The molecule has 0 aliphatic carbocycles. The summed E-state index contributed by atoms with van der Waals surface area (Å²) in [5.74, 6) is -0.289. The molecule has 11 heteroatoms. The van der Waals surface area contributed by atoms with Crippen molar-refractivity contribution < 1.29 is 36.5 Å². The van der Waals surface area contributed by atoms with E-state index < -0.39 is 9.85 Å². The molecule has 0 aliphatic rings. The number of carbonyl (C=O) groups is 2. The molecule has 0 bridgehead atoms. The zero-order chi connectivity index (χ0) is 26.2. The molecule has 4 aromatic carbocycles. The monoisotopic (exact) mass is 542 g/mol. The van der Waals surface area contributed by atoms with Crippen molar-refractivity contribution in [2.75, 3.05) is 23.9 Å². The molecular formula is C26H22FeN4O6. The van der Waals surface area contributed by atoms with Gasteiger partial charge in [-0.2, -0.15) is 36.4 Å². The van der Waals surface area contributed by atoms with E-state index >= 15 is 0 Å². The number of amides is 2. The maximum absolute atomic E-state index is 12.0. The van der Waals surface area contributed by atoms with Gasteiger partial charge in [-0.05, 0) is 24.3 Å². The van der Waals surface area contributed by atoms with Gasteiger partial charge < -0.3 is 19.4 Å². The van der Waals surface area contributed by atoms with Crippen LogP contribution in [0.25, 0.3) is 0 Å². The van der Waals surface area contributed by atoms with E-state index in [0.717, 1.165) is 0 Å². The Bertz CT molecular complexity index is 1230. The van der Waals surface area contributed by atoms with E-state index in [0.29, 0.717) is 22.5 Å². The van der Waals surface area contributed by atoms with E-state index in [9.17, 15) is 29.8 Å². The summed E-state index contributed by atoms with van der Waals surface area (Å²) >= 11 is 0. The molecular weight excluding hydrogens is 520 g/mol.